The molecule has 15 heavy (non-hydrogen) atoms. The van der Waals surface area contributed by atoms with Crippen LogP contribution in [0.4, 0.5) is 0 Å². The molecule has 88 valence electrons. The molecule has 0 aromatic heterocycles. The molecule has 0 aromatic rings. The van der Waals surface area contributed by atoms with Crippen molar-refractivity contribution >= 4 is 5.96 Å². The van der Waals surface area contributed by atoms with Gasteiger partial charge in [-0.2, -0.15) is 0 Å². The van der Waals surface area contributed by atoms with E-state index in [0.29, 0.717) is 17.5 Å². The van der Waals surface area contributed by atoms with Crippen LogP contribution in [0.3, 0.4) is 0 Å². The van der Waals surface area contributed by atoms with E-state index in [2.05, 4.69) is 44.5 Å². The van der Waals surface area contributed by atoms with Crippen molar-refractivity contribution < 1.29 is 0 Å². The Morgan fingerprint density at radius 1 is 1.53 bits per heavy atom. The van der Waals surface area contributed by atoms with Gasteiger partial charge < -0.3 is 10.6 Å². The van der Waals surface area contributed by atoms with E-state index in [1.54, 1.807) is 0 Å². The first-order chi connectivity index (χ1) is 6.85. The summed E-state index contributed by atoms with van der Waals surface area (Å²) in [6, 6.07) is 1.00. The molecule has 3 nitrogen and oxygen atoms in total. The number of nitrogens with zero attached hydrogens (tertiary/aromatic N) is 2. The highest BCUT2D eigenvalue weighted by atomic mass is 15.3. The second kappa shape index (κ2) is 4.42. The van der Waals surface area contributed by atoms with Crippen LogP contribution >= 0.6 is 0 Å². The first-order valence-electron chi connectivity index (χ1n) is 5.93. The van der Waals surface area contributed by atoms with Crippen LogP contribution in [-0.2, 0) is 0 Å². The van der Waals surface area contributed by atoms with Crippen LogP contribution in [0.15, 0.2) is 4.99 Å². The normalized spacial score (nSPS) is 24.2. The zero-order chi connectivity index (χ0) is 11.6. The molecule has 2 atom stereocenters. The van der Waals surface area contributed by atoms with Crippen molar-refractivity contribution in [2.24, 2.45) is 16.1 Å². The highest BCUT2D eigenvalue weighted by Gasteiger charge is 2.31. The first kappa shape index (κ1) is 12.3. The Kier molecular flexibility index (Phi) is 3.63. The van der Waals surface area contributed by atoms with Gasteiger partial charge in [0, 0.05) is 6.04 Å². The van der Waals surface area contributed by atoms with Gasteiger partial charge in [-0.25, -0.2) is 0 Å². The SMILES string of the molecule is CCC(C)N1C(N)=NCC1CC(C)(C)C. The van der Waals surface area contributed by atoms with Crippen LogP contribution in [0, 0.1) is 5.41 Å². The monoisotopic (exact) mass is 211 g/mol. The highest BCUT2D eigenvalue weighted by molar-refractivity contribution is 5.80. The first-order valence-corrected chi connectivity index (χ1v) is 5.93. The van der Waals surface area contributed by atoms with Gasteiger partial charge in [-0.3, -0.25) is 4.99 Å². The summed E-state index contributed by atoms with van der Waals surface area (Å²) < 4.78 is 0. The summed E-state index contributed by atoms with van der Waals surface area (Å²) >= 11 is 0. The quantitative estimate of drug-likeness (QED) is 0.777. The third-order valence-electron chi connectivity index (χ3n) is 3.04. The zero-order valence-electron chi connectivity index (χ0n) is 10.7. The highest BCUT2D eigenvalue weighted by Crippen LogP contribution is 2.27. The van der Waals surface area contributed by atoms with E-state index in [1.165, 1.54) is 0 Å². The van der Waals surface area contributed by atoms with Crippen molar-refractivity contribution in [3.05, 3.63) is 0 Å². The fourth-order valence-corrected chi connectivity index (χ4v) is 2.21. The number of hydrogen-bond acceptors (Lipinski definition) is 3. The van der Waals surface area contributed by atoms with E-state index in [-0.39, 0.29) is 0 Å². The van der Waals surface area contributed by atoms with Crippen LogP contribution in [0.2, 0.25) is 0 Å². The minimum absolute atomic E-state index is 0.344. The largest absolute Gasteiger partial charge is 0.370 e. The predicted octanol–water partition coefficient (Wildman–Crippen LogP) is 2.22. The maximum Gasteiger partial charge on any atom is 0.191 e. The van der Waals surface area contributed by atoms with Gasteiger partial charge in [-0.15, -0.1) is 0 Å². The molecule has 0 radical (unpaired) electrons. The molecule has 2 unspecified atom stereocenters. The molecule has 1 heterocycles. The van der Waals surface area contributed by atoms with Gasteiger partial charge in [0.15, 0.2) is 5.96 Å². The summed E-state index contributed by atoms with van der Waals surface area (Å²) in [5.41, 5.74) is 6.28. The molecule has 1 aliphatic heterocycles. The molecule has 0 bridgehead atoms. The van der Waals surface area contributed by atoms with Gasteiger partial charge in [0.25, 0.3) is 0 Å². The topological polar surface area (TPSA) is 41.6 Å². The molecule has 1 aliphatic rings. The summed E-state index contributed by atoms with van der Waals surface area (Å²) in [5.74, 6) is 0.735. The lowest BCUT2D eigenvalue weighted by Crippen LogP contribution is -2.47. The molecule has 0 saturated carbocycles. The van der Waals surface area contributed by atoms with Gasteiger partial charge in [-0.05, 0) is 25.2 Å². The minimum Gasteiger partial charge on any atom is -0.370 e. The summed E-state index contributed by atoms with van der Waals surface area (Å²) in [6.45, 7) is 12.1. The fourth-order valence-electron chi connectivity index (χ4n) is 2.21. The molecular formula is C12H25N3. The van der Waals surface area contributed by atoms with Crippen molar-refractivity contribution in [3.63, 3.8) is 0 Å². The lowest BCUT2D eigenvalue weighted by molar-refractivity contribution is 0.202. The molecule has 0 aliphatic carbocycles. The van der Waals surface area contributed by atoms with E-state index < -0.39 is 0 Å². The second-order valence-corrected chi connectivity index (χ2v) is 5.78. The Balaban J connectivity index is 2.67. The van der Waals surface area contributed by atoms with E-state index in [0.717, 1.165) is 25.3 Å². The Labute approximate surface area is 93.7 Å². The predicted molar refractivity (Wildman–Crippen MR) is 65.9 cm³/mol. The second-order valence-electron chi connectivity index (χ2n) is 5.78. The molecular weight excluding hydrogens is 186 g/mol. The molecule has 0 saturated heterocycles. The fraction of sp³-hybridized carbons (Fsp3) is 0.917. The van der Waals surface area contributed by atoms with Crippen LogP contribution < -0.4 is 5.73 Å². The Morgan fingerprint density at radius 2 is 2.13 bits per heavy atom. The Hall–Kier alpha value is -0.730. The third kappa shape index (κ3) is 3.11. The average Bonchev–Trinajstić information content (AvgIpc) is 2.43. The standard InChI is InChI=1S/C12H25N3/c1-6-9(2)15-10(7-12(3,4)5)8-14-11(15)13/h9-10H,6-8H2,1-5H3,(H2,13,14). The number of hydrogen-bond donors (Lipinski definition) is 1. The maximum absolute atomic E-state index is 5.94. The molecule has 1 rings (SSSR count). The maximum atomic E-state index is 5.94. The Morgan fingerprint density at radius 3 is 2.60 bits per heavy atom. The van der Waals surface area contributed by atoms with Gasteiger partial charge in [-0.1, -0.05) is 27.7 Å². The molecule has 0 fully saturated rings. The van der Waals surface area contributed by atoms with Crippen molar-refractivity contribution in [2.75, 3.05) is 6.54 Å². The average molecular weight is 211 g/mol. The van der Waals surface area contributed by atoms with E-state index in [4.69, 9.17) is 5.73 Å². The van der Waals surface area contributed by atoms with E-state index >= 15 is 0 Å². The van der Waals surface area contributed by atoms with E-state index in [9.17, 15) is 0 Å². The number of nitrogens with two attached hydrogens (primary N) is 1. The summed E-state index contributed by atoms with van der Waals surface area (Å²) in [7, 11) is 0. The molecule has 3 heteroatoms. The van der Waals surface area contributed by atoms with Gasteiger partial charge in [0.2, 0.25) is 0 Å². The lowest BCUT2D eigenvalue weighted by atomic mass is 9.87. The summed E-state index contributed by atoms with van der Waals surface area (Å²) in [5, 5.41) is 0. The molecule has 0 spiro atoms. The van der Waals surface area contributed by atoms with Crippen LogP contribution in [0.25, 0.3) is 0 Å². The molecule has 0 amide bonds. The Bertz CT molecular complexity index is 240. The van der Waals surface area contributed by atoms with Crippen LogP contribution in [0.5, 0.6) is 0 Å². The minimum atomic E-state index is 0.344. The van der Waals surface area contributed by atoms with Crippen molar-refractivity contribution in [3.8, 4) is 0 Å². The van der Waals surface area contributed by atoms with Gasteiger partial charge in [0.1, 0.15) is 0 Å². The van der Waals surface area contributed by atoms with Crippen LogP contribution in [-0.4, -0.2) is 29.5 Å². The van der Waals surface area contributed by atoms with Gasteiger partial charge in [0.05, 0.1) is 12.6 Å². The molecule has 2 N–H and O–H groups in total. The summed E-state index contributed by atoms with van der Waals surface area (Å²) in [6.07, 6.45) is 2.28. The summed E-state index contributed by atoms with van der Waals surface area (Å²) in [4.78, 5) is 6.67. The molecule has 0 aromatic carbocycles. The van der Waals surface area contributed by atoms with Crippen LogP contribution in [0.1, 0.15) is 47.5 Å². The van der Waals surface area contributed by atoms with Gasteiger partial charge >= 0.3 is 0 Å². The van der Waals surface area contributed by atoms with Crippen molar-refractivity contribution in [2.45, 2.75) is 59.5 Å². The smallest absolute Gasteiger partial charge is 0.191 e. The number of guanidine groups is 1. The number of rotatable bonds is 3. The van der Waals surface area contributed by atoms with Crippen molar-refractivity contribution in [1.29, 1.82) is 0 Å². The van der Waals surface area contributed by atoms with Crippen molar-refractivity contribution in [1.82, 2.24) is 4.90 Å². The zero-order valence-corrected chi connectivity index (χ0v) is 10.7. The number of aliphatic imine (C=N–C) groups is 1. The third-order valence-corrected chi connectivity index (χ3v) is 3.04. The van der Waals surface area contributed by atoms with E-state index in [1.807, 2.05) is 0 Å². The lowest BCUT2D eigenvalue weighted by Gasteiger charge is -2.35.